The summed E-state index contributed by atoms with van der Waals surface area (Å²) < 4.78 is 5.98. The molecule has 2 N–H and O–H groups in total. The summed E-state index contributed by atoms with van der Waals surface area (Å²) in [6, 6.07) is 6.89. The van der Waals surface area contributed by atoms with Crippen LogP contribution in [0, 0.1) is 6.92 Å². The molecule has 0 spiro atoms. The highest BCUT2D eigenvalue weighted by atomic mass is 16.5. The van der Waals surface area contributed by atoms with E-state index < -0.39 is 0 Å². The molecule has 1 saturated heterocycles. The van der Waals surface area contributed by atoms with Crippen LogP contribution in [-0.2, 0) is 16.1 Å². The minimum absolute atomic E-state index is 0.162. The minimum atomic E-state index is -0.162. The Morgan fingerprint density at radius 2 is 2.08 bits per heavy atom. The Balaban J connectivity index is 1.46. The number of phenols is 1. The summed E-state index contributed by atoms with van der Waals surface area (Å²) in [5.74, 6) is 0.0586. The van der Waals surface area contributed by atoms with Crippen LogP contribution in [0.5, 0.6) is 5.75 Å². The summed E-state index contributed by atoms with van der Waals surface area (Å²) in [7, 11) is 0. The number of piperidine rings is 1. The Bertz CT molecular complexity index is 675. The number of carbonyl (C=O) groups is 1. The molecule has 0 aliphatic carbocycles. The van der Waals surface area contributed by atoms with Gasteiger partial charge in [0.25, 0.3) is 0 Å². The molecule has 6 nitrogen and oxygen atoms in total. The SMILES string of the molecule is Cc1[nH]cnc1COC1CCN(CC(C=O)c2ccc(O)cc2)CC1. The predicted octanol–water partition coefficient (Wildman–Crippen LogP) is 2.39. The van der Waals surface area contributed by atoms with Gasteiger partial charge in [-0.1, -0.05) is 12.1 Å². The van der Waals surface area contributed by atoms with Crippen LogP contribution in [0.4, 0.5) is 0 Å². The van der Waals surface area contributed by atoms with E-state index in [1.54, 1.807) is 18.5 Å². The van der Waals surface area contributed by atoms with Gasteiger partial charge >= 0.3 is 0 Å². The van der Waals surface area contributed by atoms with Crippen LogP contribution in [0.25, 0.3) is 0 Å². The Morgan fingerprint density at radius 3 is 2.68 bits per heavy atom. The Labute approximate surface area is 147 Å². The summed E-state index contributed by atoms with van der Waals surface area (Å²) in [6.07, 6.45) is 4.86. The largest absolute Gasteiger partial charge is 0.508 e. The first-order valence-electron chi connectivity index (χ1n) is 8.72. The van der Waals surface area contributed by atoms with Gasteiger partial charge in [0, 0.05) is 25.3 Å². The van der Waals surface area contributed by atoms with Crippen LogP contribution in [-0.4, -0.2) is 52.0 Å². The number of carbonyl (C=O) groups excluding carboxylic acids is 1. The van der Waals surface area contributed by atoms with Crippen LogP contribution in [0.1, 0.15) is 35.7 Å². The van der Waals surface area contributed by atoms with Crippen LogP contribution in [0.2, 0.25) is 0 Å². The molecule has 0 radical (unpaired) electrons. The Kier molecular flexibility index (Phi) is 5.83. The standard InChI is InChI=1S/C19H25N3O3/c1-14-19(21-13-20-14)12-25-18-6-8-22(9-7-18)10-16(11-23)15-2-4-17(24)5-3-15/h2-5,11,13,16,18,24H,6-10,12H2,1H3,(H,20,21). The number of nitrogens with one attached hydrogen (secondary N) is 1. The van der Waals surface area contributed by atoms with Gasteiger partial charge in [-0.25, -0.2) is 4.98 Å². The van der Waals surface area contributed by atoms with E-state index in [-0.39, 0.29) is 17.8 Å². The van der Waals surface area contributed by atoms with Gasteiger partial charge < -0.3 is 24.5 Å². The lowest BCUT2D eigenvalue weighted by molar-refractivity contribution is -0.109. The van der Waals surface area contributed by atoms with E-state index in [1.165, 1.54) is 0 Å². The minimum Gasteiger partial charge on any atom is -0.508 e. The lowest BCUT2D eigenvalue weighted by atomic mass is 9.98. The van der Waals surface area contributed by atoms with Gasteiger partial charge in [0.15, 0.2) is 0 Å². The van der Waals surface area contributed by atoms with Crippen molar-refractivity contribution in [3.63, 3.8) is 0 Å². The van der Waals surface area contributed by atoms with Gasteiger partial charge in [-0.3, -0.25) is 0 Å². The van der Waals surface area contributed by atoms with Gasteiger partial charge in [0.1, 0.15) is 12.0 Å². The maximum Gasteiger partial charge on any atom is 0.128 e. The molecule has 1 aromatic heterocycles. The average molecular weight is 343 g/mol. The maximum absolute atomic E-state index is 11.5. The first kappa shape index (κ1) is 17.6. The second-order valence-electron chi connectivity index (χ2n) is 6.62. The molecule has 0 saturated carbocycles. The number of hydrogen-bond acceptors (Lipinski definition) is 5. The number of aromatic hydroxyl groups is 1. The second-order valence-corrected chi connectivity index (χ2v) is 6.62. The number of likely N-dealkylation sites (tertiary alicyclic amines) is 1. The molecule has 1 fully saturated rings. The third-order valence-corrected chi connectivity index (χ3v) is 4.87. The maximum atomic E-state index is 11.5. The third kappa shape index (κ3) is 4.67. The summed E-state index contributed by atoms with van der Waals surface area (Å²) in [5.41, 5.74) is 2.97. The first-order chi connectivity index (χ1) is 12.2. The van der Waals surface area contributed by atoms with Crippen LogP contribution in [0.3, 0.4) is 0 Å². The zero-order chi connectivity index (χ0) is 17.6. The number of imidazole rings is 1. The van der Waals surface area contributed by atoms with E-state index >= 15 is 0 Å². The number of benzene rings is 1. The number of aromatic amines is 1. The van der Waals surface area contributed by atoms with Crippen molar-refractivity contribution in [3.8, 4) is 5.75 Å². The van der Waals surface area contributed by atoms with Gasteiger partial charge in [-0.2, -0.15) is 0 Å². The van der Waals surface area contributed by atoms with E-state index in [1.807, 2.05) is 19.1 Å². The van der Waals surface area contributed by atoms with Gasteiger partial charge in [-0.05, 0) is 37.5 Å². The fourth-order valence-corrected chi connectivity index (χ4v) is 3.21. The number of aryl methyl sites for hydroxylation is 1. The van der Waals surface area contributed by atoms with E-state index in [0.717, 1.165) is 49.2 Å². The van der Waals surface area contributed by atoms with Gasteiger partial charge in [0.05, 0.1) is 30.7 Å². The fourth-order valence-electron chi connectivity index (χ4n) is 3.21. The lowest BCUT2D eigenvalue weighted by Gasteiger charge is -2.33. The zero-order valence-corrected chi connectivity index (χ0v) is 14.5. The van der Waals surface area contributed by atoms with Crippen molar-refractivity contribution in [2.45, 2.75) is 38.4 Å². The molecule has 0 bridgehead atoms. The normalized spacial score (nSPS) is 17.5. The molecule has 1 atom stereocenters. The number of nitrogens with zero attached hydrogens (tertiary/aromatic N) is 2. The molecule has 2 aromatic rings. The number of hydrogen-bond donors (Lipinski definition) is 2. The molecule has 2 heterocycles. The number of H-pyrrole nitrogens is 1. The average Bonchev–Trinajstić information content (AvgIpc) is 3.05. The predicted molar refractivity (Wildman–Crippen MR) is 94.5 cm³/mol. The van der Waals surface area contributed by atoms with Crippen LogP contribution >= 0.6 is 0 Å². The molecule has 25 heavy (non-hydrogen) atoms. The van der Waals surface area contributed by atoms with E-state index in [2.05, 4.69) is 14.9 Å². The van der Waals surface area contributed by atoms with Crippen LogP contribution < -0.4 is 0 Å². The molecule has 3 rings (SSSR count). The molecule has 0 amide bonds. The molecule has 1 aliphatic rings. The van der Waals surface area contributed by atoms with Crippen molar-refractivity contribution in [2.24, 2.45) is 0 Å². The second kappa shape index (κ2) is 8.27. The van der Waals surface area contributed by atoms with E-state index in [0.29, 0.717) is 13.2 Å². The molecule has 1 unspecified atom stereocenters. The summed E-state index contributed by atoms with van der Waals surface area (Å²) in [6.45, 7) is 5.10. The summed E-state index contributed by atoms with van der Waals surface area (Å²) in [5, 5.41) is 9.38. The number of rotatable bonds is 7. The zero-order valence-electron chi connectivity index (χ0n) is 14.5. The third-order valence-electron chi connectivity index (χ3n) is 4.87. The van der Waals surface area contributed by atoms with E-state index in [9.17, 15) is 9.90 Å². The molecule has 134 valence electrons. The Hall–Kier alpha value is -2.18. The quantitative estimate of drug-likeness (QED) is 0.755. The van der Waals surface area contributed by atoms with Crippen molar-refractivity contribution in [1.29, 1.82) is 0 Å². The smallest absolute Gasteiger partial charge is 0.128 e. The van der Waals surface area contributed by atoms with Crippen molar-refractivity contribution < 1.29 is 14.6 Å². The van der Waals surface area contributed by atoms with Gasteiger partial charge in [0.2, 0.25) is 0 Å². The van der Waals surface area contributed by atoms with Crippen LogP contribution in [0.15, 0.2) is 30.6 Å². The van der Waals surface area contributed by atoms with Crippen molar-refractivity contribution in [2.75, 3.05) is 19.6 Å². The van der Waals surface area contributed by atoms with E-state index in [4.69, 9.17) is 4.74 Å². The summed E-state index contributed by atoms with van der Waals surface area (Å²) in [4.78, 5) is 21.1. The highest BCUT2D eigenvalue weighted by Crippen LogP contribution is 2.22. The number of aldehydes is 1. The van der Waals surface area contributed by atoms with Gasteiger partial charge in [-0.15, -0.1) is 0 Å². The molecule has 6 heteroatoms. The first-order valence-corrected chi connectivity index (χ1v) is 8.72. The number of ether oxygens (including phenoxy) is 1. The molecule has 1 aliphatic heterocycles. The highest BCUT2D eigenvalue weighted by Gasteiger charge is 2.23. The van der Waals surface area contributed by atoms with Crippen molar-refractivity contribution in [1.82, 2.24) is 14.9 Å². The number of aromatic nitrogens is 2. The monoisotopic (exact) mass is 343 g/mol. The molecular formula is C19H25N3O3. The van der Waals surface area contributed by atoms with Crippen molar-refractivity contribution in [3.05, 3.63) is 47.5 Å². The summed E-state index contributed by atoms with van der Waals surface area (Å²) >= 11 is 0. The Morgan fingerprint density at radius 1 is 1.36 bits per heavy atom. The lowest BCUT2D eigenvalue weighted by Crippen LogP contribution is -2.39. The molecular weight excluding hydrogens is 318 g/mol. The topological polar surface area (TPSA) is 78.5 Å². The fraction of sp³-hybridized carbons (Fsp3) is 0.474. The highest BCUT2D eigenvalue weighted by molar-refractivity contribution is 5.62. The molecule has 1 aromatic carbocycles. The van der Waals surface area contributed by atoms with Crippen molar-refractivity contribution >= 4 is 6.29 Å². The number of phenolic OH excluding ortho intramolecular Hbond substituents is 1.